The van der Waals surface area contributed by atoms with Crippen molar-refractivity contribution in [1.82, 2.24) is 4.98 Å². The summed E-state index contributed by atoms with van der Waals surface area (Å²) in [6, 6.07) is 0. The van der Waals surface area contributed by atoms with Crippen molar-refractivity contribution in [2.24, 2.45) is 5.92 Å². The van der Waals surface area contributed by atoms with Gasteiger partial charge in [-0.25, -0.2) is 4.98 Å². The topological polar surface area (TPSA) is 36.4 Å². The summed E-state index contributed by atoms with van der Waals surface area (Å²) < 4.78 is 0. The van der Waals surface area contributed by atoms with E-state index in [4.69, 9.17) is 0 Å². The first kappa shape index (κ1) is 12.8. The Kier molecular flexibility index (Phi) is 4.05. The molecule has 3 nitrogen and oxygen atoms in total. The maximum atomic E-state index is 9.93. The van der Waals surface area contributed by atoms with Gasteiger partial charge in [0.05, 0.1) is 16.7 Å². The van der Waals surface area contributed by atoms with Crippen LogP contribution < -0.4 is 4.90 Å². The average molecular weight is 254 g/mol. The van der Waals surface area contributed by atoms with Crippen LogP contribution in [0.25, 0.3) is 0 Å². The Balaban J connectivity index is 2.06. The van der Waals surface area contributed by atoms with Crippen LogP contribution in [0.1, 0.15) is 49.8 Å². The molecule has 1 N–H and O–H groups in total. The molecule has 1 aliphatic rings. The van der Waals surface area contributed by atoms with Crippen LogP contribution in [0, 0.1) is 5.92 Å². The lowest BCUT2D eigenvalue weighted by Gasteiger charge is -2.16. The Morgan fingerprint density at radius 3 is 2.94 bits per heavy atom. The third kappa shape index (κ3) is 2.99. The Morgan fingerprint density at radius 2 is 2.29 bits per heavy atom. The minimum absolute atomic E-state index is 0.275. The van der Waals surface area contributed by atoms with Gasteiger partial charge in [0, 0.05) is 13.6 Å². The number of hydrogen-bond donors (Lipinski definition) is 1. The molecule has 0 aromatic carbocycles. The summed E-state index contributed by atoms with van der Waals surface area (Å²) in [5.41, 5.74) is 1.13. The van der Waals surface area contributed by atoms with Crippen molar-refractivity contribution in [3.8, 4) is 0 Å². The molecule has 0 radical (unpaired) electrons. The first-order valence-corrected chi connectivity index (χ1v) is 7.28. The van der Waals surface area contributed by atoms with Gasteiger partial charge >= 0.3 is 0 Å². The van der Waals surface area contributed by atoms with Crippen LogP contribution in [0.4, 0.5) is 5.13 Å². The van der Waals surface area contributed by atoms with Gasteiger partial charge in [0.1, 0.15) is 0 Å². The molecule has 1 unspecified atom stereocenters. The highest BCUT2D eigenvalue weighted by Gasteiger charge is 2.23. The molecule has 2 rings (SSSR count). The van der Waals surface area contributed by atoms with Gasteiger partial charge in [0.15, 0.2) is 5.13 Å². The van der Waals surface area contributed by atoms with Crippen LogP contribution >= 0.6 is 11.3 Å². The normalized spacial score (nSPS) is 19.5. The summed E-state index contributed by atoms with van der Waals surface area (Å²) in [6.07, 6.45) is 3.89. The molecule has 0 bridgehead atoms. The molecule has 1 aliphatic carbocycles. The predicted molar refractivity (Wildman–Crippen MR) is 72.7 cm³/mol. The van der Waals surface area contributed by atoms with E-state index in [9.17, 15) is 5.11 Å². The van der Waals surface area contributed by atoms with Crippen molar-refractivity contribution < 1.29 is 5.11 Å². The van der Waals surface area contributed by atoms with Crippen molar-refractivity contribution >= 4 is 16.5 Å². The van der Waals surface area contributed by atoms with Crippen molar-refractivity contribution in [2.75, 3.05) is 18.5 Å². The summed E-state index contributed by atoms with van der Waals surface area (Å²) >= 11 is 1.67. The second-order valence-corrected chi connectivity index (χ2v) is 6.33. The number of rotatable bonds is 4. The quantitative estimate of drug-likeness (QED) is 0.897. The summed E-state index contributed by atoms with van der Waals surface area (Å²) in [5.74, 6) is 0.720. The second kappa shape index (κ2) is 5.36. The largest absolute Gasteiger partial charge is 0.388 e. The van der Waals surface area contributed by atoms with Crippen molar-refractivity contribution in [1.29, 1.82) is 0 Å². The van der Waals surface area contributed by atoms with E-state index >= 15 is 0 Å². The first-order valence-electron chi connectivity index (χ1n) is 6.46. The molecular formula is C13H22N2OS. The monoisotopic (exact) mass is 254 g/mol. The van der Waals surface area contributed by atoms with Gasteiger partial charge in [-0.15, -0.1) is 0 Å². The Labute approximate surface area is 107 Å². The summed E-state index contributed by atoms with van der Waals surface area (Å²) in [5, 5.41) is 11.0. The minimum atomic E-state index is -0.275. The molecule has 0 aliphatic heterocycles. The van der Waals surface area contributed by atoms with Crippen molar-refractivity contribution in [3.05, 3.63) is 10.6 Å². The summed E-state index contributed by atoms with van der Waals surface area (Å²) in [6.45, 7) is 5.52. The smallest absolute Gasteiger partial charge is 0.185 e. The number of anilines is 1. The number of aliphatic hydroxyl groups is 1. The third-order valence-corrected chi connectivity index (χ3v) is 4.59. The molecule has 0 amide bonds. The zero-order valence-electron chi connectivity index (χ0n) is 10.9. The predicted octanol–water partition coefficient (Wildman–Crippen LogP) is 3.00. The zero-order valence-corrected chi connectivity index (χ0v) is 11.8. The van der Waals surface area contributed by atoms with Gasteiger partial charge in [0.25, 0.3) is 0 Å². The highest BCUT2D eigenvalue weighted by Crippen LogP contribution is 2.37. The number of hydrogen-bond acceptors (Lipinski definition) is 4. The second-order valence-electron chi connectivity index (χ2n) is 5.32. The fourth-order valence-electron chi connectivity index (χ4n) is 2.09. The van der Waals surface area contributed by atoms with Crippen LogP contribution in [0.5, 0.6) is 0 Å². The first-order chi connectivity index (χ1) is 8.08. The Bertz CT molecular complexity index is 375. The van der Waals surface area contributed by atoms with Gasteiger partial charge in [-0.2, -0.15) is 0 Å². The highest BCUT2D eigenvalue weighted by atomic mass is 32.1. The number of aromatic nitrogens is 1. The standard InChI is InChI=1S/C13H22N2OS/c1-9(2)7-8-15(3)13-14-10-5-4-6-11(16)12(10)17-13/h9,11,16H,4-8H2,1-3H3. The molecule has 1 aromatic rings. The molecule has 96 valence electrons. The van der Waals surface area contributed by atoms with Crippen LogP contribution in [0.3, 0.4) is 0 Å². The lowest BCUT2D eigenvalue weighted by molar-refractivity contribution is 0.160. The average Bonchev–Trinajstić information content (AvgIpc) is 2.71. The zero-order chi connectivity index (χ0) is 12.4. The Morgan fingerprint density at radius 1 is 1.53 bits per heavy atom. The molecule has 0 saturated heterocycles. The van der Waals surface area contributed by atoms with Crippen LogP contribution in [-0.2, 0) is 6.42 Å². The number of aliphatic hydroxyl groups excluding tert-OH is 1. The van der Waals surface area contributed by atoms with E-state index in [0.29, 0.717) is 0 Å². The van der Waals surface area contributed by atoms with Crippen LogP contribution in [0.2, 0.25) is 0 Å². The molecule has 4 heteroatoms. The molecule has 1 heterocycles. The number of nitrogens with zero attached hydrogens (tertiary/aromatic N) is 2. The van der Waals surface area contributed by atoms with Crippen molar-refractivity contribution in [3.63, 3.8) is 0 Å². The van der Waals surface area contributed by atoms with E-state index in [-0.39, 0.29) is 6.10 Å². The summed E-state index contributed by atoms with van der Waals surface area (Å²) in [4.78, 5) is 7.98. The lowest BCUT2D eigenvalue weighted by Crippen LogP contribution is -2.19. The van der Waals surface area contributed by atoms with E-state index in [1.807, 2.05) is 0 Å². The van der Waals surface area contributed by atoms with E-state index in [1.54, 1.807) is 11.3 Å². The van der Waals surface area contributed by atoms with Gasteiger partial charge in [-0.1, -0.05) is 25.2 Å². The summed E-state index contributed by atoms with van der Waals surface area (Å²) in [7, 11) is 2.10. The number of thiazole rings is 1. The maximum absolute atomic E-state index is 9.93. The van der Waals surface area contributed by atoms with E-state index in [1.165, 1.54) is 6.42 Å². The Hall–Kier alpha value is -0.610. The molecule has 1 aromatic heterocycles. The minimum Gasteiger partial charge on any atom is -0.388 e. The van der Waals surface area contributed by atoms with Crippen molar-refractivity contribution in [2.45, 2.75) is 45.6 Å². The van der Waals surface area contributed by atoms with E-state index < -0.39 is 0 Å². The molecule has 0 fully saturated rings. The molecule has 0 spiro atoms. The SMILES string of the molecule is CC(C)CCN(C)c1nc2c(s1)C(O)CCC2. The van der Waals surface area contributed by atoms with Gasteiger partial charge in [0.2, 0.25) is 0 Å². The molecule has 0 saturated carbocycles. The van der Waals surface area contributed by atoms with E-state index in [0.717, 1.165) is 47.4 Å². The van der Waals surface area contributed by atoms with Gasteiger partial charge in [-0.05, 0) is 31.6 Å². The van der Waals surface area contributed by atoms with Crippen LogP contribution in [0.15, 0.2) is 0 Å². The van der Waals surface area contributed by atoms with Gasteiger partial charge in [-0.3, -0.25) is 0 Å². The number of aryl methyl sites for hydroxylation is 1. The molecule has 17 heavy (non-hydrogen) atoms. The number of fused-ring (bicyclic) bond motifs is 1. The molecule has 1 atom stereocenters. The fraction of sp³-hybridized carbons (Fsp3) is 0.769. The molecular weight excluding hydrogens is 232 g/mol. The highest BCUT2D eigenvalue weighted by molar-refractivity contribution is 7.15. The fourth-order valence-corrected chi connectivity index (χ4v) is 3.21. The third-order valence-electron chi connectivity index (χ3n) is 3.28. The lowest BCUT2D eigenvalue weighted by atomic mass is 10.0. The van der Waals surface area contributed by atoms with Crippen LogP contribution in [-0.4, -0.2) is 23.7 Å². The maximum Gasteiger partial charge on any atom is 0.185 e. The van der Waals surface area contributed by atoms with Gasteiger partial charge < -0.3 is 10.0 Å². The van der Waals surface area contributed by atoms with E-state index in [2.05, 4.69) is 30.8 Å².